The van der Waals surface area contributed by atoms with Crippen molar-refractivity contribution in [3.8, 4) is 0 Å². The summed E-state index contributed by atoms with van der Waals surface area (Å²) in [7, 11) is -3.43. The molecule has 0 aromatic carbocycles. The third kappa shape index (κ3) is 1.90. The Kier molecular flexibility index (Phi) is 2.76. The van der Waals surface area contributed by atoms with Crippen LogP contribution in [0.5, 0.6) is 0 Å². The Bertz CT molecular complexity index is 414. The molecule has 6 nitrogen and oxygen atoms in total. The number of rotatable bonds is 2. The molecule has 1 saturated heterocycles. The Morgan fingerprint density at radius 1 is 1.67 bits per heavy atom. The van der Waals surface area contributed by atoms with Gasteiger partial charge in [0.25, 0.3) is 10.0 Å². The van der Waals surface area contributed by atoms with Gasteiger partial charge in [-0.15, -0.1) is 0 Å². The van der Waals surface area contributed by atoms with Crippen molar-refractivity contribution in [2.45, 2.75) is 18.0 Å². The number of nitrogens with zero attached hydrogens (tertiary/aromatic N) is 2. The Morgan fingerprint density at radius 3 is 3.07 bits per heavy atom. The van der Waals surface area contributed by atoms with Crippen LogP contribution in [0.2, 0.25) is 0 Å². The number of nitrogens with one attached hydrogen (secondary N) is 1. The Morgan fingerprint density at radius 2 is 2.47 bits per heavy atom. The van der Waals surface area contributed by atoms with E-state index in [1.54, 1.807) is 0 Å². The molecule has 1 fully saturated rings. The van der Waals surface area contributed by atoms with Crippen LogP contribution in [0.15, 0.2) is 17.6 Å². The van der Waals surface area contributed by atoms with E-state index in [-0.39, 0.29) is 11.1 Å². The third-order valence-electron chi connectivity index (χ3n) is 2.37. The molecule has 0 spiro atoms. The van der Waals surface area contributed by atoms with Crippen LogP contribution >= 0.6 is 0 Å². The van der Waals surface area contributed by atoms with Gasteiger partial charge in [-0.3, -0.25) is 0 Å². The molecule has 0 bridgehead atoms. The highest BCUT2D eigenvalue weighted by atomic mass is 32.2. The summed E-state index contributed by atoms with van der Waals surface area (Å²) in [6, 6.07) is -0.132. The lowest BCUT2D eigenvalue weighted by molar-refractivity contribution is 0.0392. The molecule has 2 heterocycles. The maximum atomic E-state index is 12.1. The van der Waals surface area contributed by atoms with Gasteiger partial charge in [-0.05, 0) is 6.92 Å². The van der Waals surface area contributed by atoms with Crippen LogP contribution in [-0.2, 0) is 14.8 Å². The van der Waals surface area contributed by atoms with Crippen molar-refractivity contribution < 1.29 is 13.2 Å². The van der Waals surface area contributed by atoms with E-state index in [9.17, 15) is 8.42 Å². The van der Waals surface area contributed by atoms with E-state index in [2.05, 4.69) is 9.97 Å². The molecule has 0 saturated carbocycles. The molecular weight excluding hydrogens is 218 g/mol. The average Bonchev–Trinajstić information content (AvgIpc) is 2.71. The number of aromatic amines is 1. The van der Waals surface area contributed by atoms with Crippen molar-refractivity contribution in [3.63, 3.8) is 0 Å². The lowest BCUT2D eigenvalue weighted by Crippen LogP contribution is -2.47. The summed E-state index contributed by atoms with van der Waals surface area (Å²) in [5.41, 5.74) is 0. The zero-order valence-electron chi connectivity index (χ0n) is 8.38. The van der Waals surface area contributed by atoms with Gasteiger partial charge in [0.2, 0.25) is 0 Å². The topological polar surface area (TPSA) is 75.3 Å². The standard InChI is InChI=1S/C8H13N3O3S/c1-7-5-14-3-2-11(7)15(12,13)8-4-9-6-10-8/h4,6-7H,2-3,5H2,1H3,(H,9,10). The number of hydrogen-bond acceptors (Lipinski definition) is 4. The van der Waals surface area contributed by atoms with E-state index in [0.717, 1.165) is 0 Å². The zero-order chi connectivity index (χ0) is 10.9. The monoisotopic (exact) mass is 231 g/mol. The van der Waals surface area contributed by atoms with Gasteiger partial charge < -0.3 is 9.72 Å². The summed E-state index contributed by atoms with van der Waals surface area (Å²) in [4.78, 5) is 6.33. The zero-order valence-corrected chi connectivity index (χ0v) is 9.20. The van der Waals surface area contributed by atoms with Gasteiger partial charge in [-0.25, -0.2) is 13.4 Å². The van der Waals surface area contributed by atoms with Gasteiger partial charge in [0.05, 0.1) is 25.7 Å². The first-order valence-electron chi connectivity index (χ1n) is 4.70. The molecule has 1 aromatic rings. The minimum atomic E-state index is -3.43. The molecule has 2 rings (SSSR count). The lowest BCUT2D eigenvalue weighted by atomic mass is 10.3. The normalized spacial score (nSPS) is 24.2. The predicted molar refractivity (Wildman–Crippen MR) is 52.8 cm³/mol. The fraction of sp³-hybridized carbons (Fsp3) is 0.625. The minimum absolute atomic E-state index is 0.132. The quantitative estimate of drug-likeness (QED) is 0.766. The molecule has 1 N–H and O–H groups in total. The fourth-order valence-electron chi connectivity index (χ4n) is 1.58. The molecule has 1 aromatic heterocycles. The third-order valence-corrected chi connectivity index (χ3v) is 4.31. The van der Waals surface area contributed by atoms with Gasteiger partial charge in [-0.1, -0.05) is 0 Å². The number of ether oxygens (including phenoxy) is 1. The second kappa shape index (κ2) is 3.92. The Hall–Kier alpha value is -0.920. The minimum Gasteiger partial charge on any atom is -0.378 e. The molecular formula is C8H13N3O3S. The van der Waals surface area contributed by atoms with Crippen molar-refractivity contribution >= 4 is 10.0 Å². The van der Waals surface area contributed by atoms with Crippen LogP contribution in [-0.4, -0.2) is 48.5 Å². The van der Waals surface area contributed by atoms with E-state index in [0.29, 0.717) is 19.8 Å². The lowest BCUT2D eigenvalue weighted by Gasteiger charge is -2.31. The van der Waals surface area contributed by atoms with E-state index < -0.39 is 10.0 Å². The molecule has 0 radical (unpaired) electrons. The largest absolute Gasteiger partial charge is 0.378 e. The number of imidazole rings is 1. The number of hydrogen-bond donors (Lipinski definition) is 1. The number of H-pyrrole nitrogens is 1. The van der Waals surface area contributed by atoms with Crippen molar-refractivity contribution in [2.24, 2.45) is 0 Å². The van der Waals surface area contributed by atoms with Crippen LogP contribution < -0.4 is 0 Å². The molecule has 1 atom stereocenters. The van der Waals surface area contributed by atoms with Crippen molar-refractivity contribution in [2.75, 3.05) is 19.8 Å². The molecule has 0 aliphatic carbocycles. The number of morpholine rings is 1. The second-order valence-corrected chi connectivity index (χ2v) is 5.31. The first-order valence-corrected chi connectivity index (χ1v) is 6.14. The van der Waals surface area contributed by atoms with Crippen LogP contribution in [0.4, 0.5) is 0 Å². The highest BCUT2D eigenvalue weighted by Gasteiger charge is 2.32. The Balaban J connectivity index is 2.29. The Labute approximate surface area is 88.3 Å². The van der Waals surface area contributed by atoms with Crippen LogP contribution in [0.25, 0.3) is 0 Å². The van der Waals surface area contributed by atoms with E-state index in [1.807, 2.05) is 6.92 Å². The predicted octanol–water partition coefficient (Wildman–Crippen LogP) is -0.181. The highest BCUT2D eigenvalue weighted by molar-refractivity contribution is 7.89. The molecule has 1 unspecified atom stereocenters. The summed E-state index contributed by atoms with van der Waals surface area (Å²) < 4.78 is 30.7. The van der Waals surface area contributed by atoms with Crippen LogP contribution in [0.3, 0.4) is 0 Å². The maximum Gasteiger partial charge on any atom is 0.260 e. The van der Waals surface area contributed by atoms with E-state index >= 15 is 0 Å². The summed E-state index contributed by atoms with van der Waals surface area (Å²) in [6.07, 6.45) is 2.68. The summed E-state index contributed by atoms with van der Waals surface area (Å²) in [5.74, 6) is 0. The van der Waals surface area contributed by atoms with Gasteiger partial charge >= 0.3 is 0 Å². The van der Waals surface area contributed by atoms with Crippen molar-refractivity contribution in [1.29, 1.82) is 0 Å². The molecule has 0 amide bonds. The van der Waals surface area contributed by atoms with E-state index in [1.165, 1.54) is 16.8 Å². The van der Waals surface area contributed by atoms with Gasteiger partial charge in [0.15, 0.2) is 5.03 Å². The SMILES string of the molecule is CC1COCCN1S(=O)(=O)c1cnc[nH]1. The first kappa shape index (κ1) is 10.6. The van der Waals surface area contributed by atoms with Gasteiger partial charge in [0, 0.05) is 12.6 Å². The molecule has 15 heavy (non-hydrogen) atoms. The maximum absolute atomic E-state index is 12.1. The molecule has 1 aliphatic rings. The summed E-state index contributed by atoms with van der Waals surface area (Å²) >= 11 is 0. The highest BCUT2D eigenvalue weighted by Crippen LogP contribution is 2.17. The molecule has 1 aliphatic heterocycles. The number of sulfonamides is 1. The van der Waals surface area contributed by atoms with Crippen LogP contribution in [0, 0.1) is 0 Å². The second-order valence-electron chi connectivity index (χ2n) is 3.46. The smallest absolute Gasteiger partial charge is 0.260 e. The van der Waals surface area contributed by atoms with Crippen molar-refractivity contribution in [3.05, 3.63) is 12.5 Å². The summed E-state index contributed by atoms with van der Waals surface area (Å²) in [5, 5.41) is 0.135. The molecule has 84 valence electrons. The van der Waals surface area contributed by atoms with Crippen LogP contribution in [0.1, 0.15) is 6.92 Å². The summed E-state index contributed by atoms with van der Waals surface area (Å²) in [6.45, 7) is 3.10. The van der Waals surface area contributed by atoms with Crippen molar-refractivity contribution in [1.82, 2.24) is 14.3 Å². The van der Waals surface area contributed by atoms with E-state index in [4.69, 9.17) is 4.74 Å². The first-order chi connectivity index (χ1) is 7.12. The van der Waals surface area contributed by atoms with Gasteiger partial charge in [-0.2, -0.15) is 4.31 Å². The fourth-order valence-corrected chi connectivity index (χ4v) is 3.08. The number of aromatic nitrogens is 2. The van der Waals surface area contributed by atoms with Gasteiger partial charge in [0.1, 0.15) is 0 Å². The average molecular weight is 231 g/mol. The molecule has 7 heteroatoms.